The summed E-state index contributed by atoms with van der Waals surface area (Å²) < 4.78 is 15.4. The van der Waals surface area contributed by atoms with E-state index in [9.17, 15) is 0 Å². The average Bonchev–Trinajstić information content (AvgIpc) is 2.28. The molecule has 0 radical (unpaired) electrons. The number of hydrogen-bond donors (Lipinski definition) is 4. The van der Waals surface area contributed by atoms with E-state index in [-0.39, 0.29) is 0 Å². The largest absolute Gasteiger partial charge is 0.315 e. The molecule has 1 saturated heterocycles. The minimum Gasteiger partial charge on any atom is -0.315 e. The molecule has 0 amide bonds. The zero-order valence-corrected chi connectivity index (χ0v) is 8.97. The van der Waals surface area contributed by atoms with Crippen molar-refractivity contribution in [3.63, 3.8) is 0 Å². The quantitative estimate of drug-likeness (QED) is 0.413. The van der Waals surface area contributed by atoms with Crippen LogP contribution in [-0.2, 0) is 0 Å². The van der Waals surface area contributed by atoms with Crippen LogP contribution in [0.15, 0.2) is 0 Å². The van der Waals surface area contributed by atoms with Crippen molar-refractivity contribution in [2.45, 2.75) is 12.8 Å². The minimum absolute atomic E-state index is 0.664. The molecule has 4 nitrogen and oxygen atoms in total. The van der Waals surface area contributed by atoms with Gasteiger partial charge < -0.3 is 21.3 Å². The summed E-state index contributed by atoms with van der Waals surface area (Å²) in [6, 6.07) is 0. The van der Waals surface area contributed by atoms with Crippen LogP contribution in [-0.4, -0.2) is 52.4 Å². The van der Waals surface area contributed by atoms with E-state index in [1.807, 2.05) is 0 Å². The molecular weight excluding hydrogens is 176 g/mol. The van der Waals surface area contributed by atoms with E-state index in [4.69, 9.17) is 2.82 Å². The Morgan fingerprint density at radius 3 is 1.57 bits per heavy atom. The third-order valence-electron chi connectivity index (χ3n) is 2.23. The molecule has 0 aliphatic carbocycles. The molecule has 4 heteroatoms. The lowest BCUT2D eigenvalue weighted by Gasteiger charge is -2.10. The van der Waals surface area contributed by atoms with E-state index in [0.717, 1.165) is 52.1 Å². The molecule has 1 rings (SSSR count). The molecule has 1 fully saturated rings. The van der Waals surface area contributed by atoms with Gasteiger partial charge in [0.2, 0.25) is 0 Å². The summed E-state index contributed by atoms with van der Waals surface area (Å²) >= 11 is 0. The van der Waals surface area contributed by atoms with Crippen LogP contribution in [0.4, 0.5) is 0 Å². The molecule has 0 atom stereocenters. The molecule has 0 unspecified atom stereocenters. The summed E-state index contributed by atoms with van der Waals surface area (Å²) in [5.74, 6) is 0. The maximum absolute atomic E-state index is 7.68. The van der Waals surface area contributed by atoms with Crippen molar-refractivity contribution in [2.24, 2.45) is 0 Å². The first kappa shape index (κ1) is 9.09. The van der Waals surface area contributed by atoms with Gasteiger partial charge in [0.25, 0.3) is 0 Å². The van der Waals surface area contributed by atoms with E-state index in [1.165, 1.54) is 0 Å². The van der Waals surface area contributed by atoms with Crippen molar-refractivity contribution in [3.8, 4) is 0 Å². The van der Waals surface area contributed by atoms with Crippen LogP contribution in [0.5, 0.6) is 0 Å². The van der Waals surface area contributed by atoms with Crippen molar-refractivity contribution < 1.29 is 2.82 Å². The fraction of sp³-hybridized carbons (Fsp3) is 1.00. The van der Waals surface area contributed by atoms with Crippen molar-refractivity contribution in [3.05, 3.63) is 0 Å². The zero-order chi connectivity index (χ0) is 11.6. The number of hydrogen-bond acceptors (Lipinski definition) is 4. The van der Waals surface area contributed by atoms with E-state index >= 15 is 0 Å². The maximum Gasteiger partial charge on any atom is 0.122 e. The Kier molecular flexibility index (Phi) is 6.10. The first-order valence-corrected chi connectivity index (χ1v) is 5.68. The number of rotatable bonds is 0. The van der Waals surface area contributed by atoms with Crippen molar-refractivity contribution in [1.82, 2.24) is 21.3 Å². The minimum atomic E-state index is 0.664. The van der Waals surface area contributed by atoms with Gasteiger partial charge in [0.1, 0.15) is 2.82 Å². The van der Waals surface area contributed by atoms with Gasteiger partial charge in [-0.2, -0.15) is 0 Å². The Balaban J connectivity index is 2.20. The molecule has 4 N–H and O–H groups in total. The topological polar surface area (TPSA) is 48.1 Å². The lowest BCUT2D eigenvalue weighted by atomic mass is 10.3. The molecule has 0 aromatic heterocycles. The standard InChI is InChI=1S/C10H24N4/c1-3-11-7-9-13-5-2-6-14-10-8-12-4-1/h11-14H,1-10H2/i/hD2. The fourth-order valence-electron chi connectivity index (χ4n) is 1.42. The molecular formula is C10H24N4. The lowest BCUT2D eigenvalue weighted by Crippen LogP contribution is -2.34. The molecule has 1 aliphatic rings. The Morgan fingerprint density at radius 1 is 0.571 bits per heavy atom. The van der Waals surface area contributed by atoms with E-state index in [2.05, 4.69) is 10.6 Å². The molecule has 0 aromatic rings. The smallest absolute Gasteiger partial charge is 0.122 e. The van der Waals surface area contributed by atoms with Gasteiger partial charge in [0.05, 0.1) is 0 Å². The molecule has 1 heterocycles. The molecule has 14 heavy (non-hydrogen) atoms. The van der Waals surface area contributed by atoms with Crippen LogP contribution in [0.3, 0.4) is 0 Å². The van der Waals surface area contributed by atoms with Gasteiger partial charge in [0, 0.05) is 26.2 Å². The van der Waals surface area contributed by atoms with Crippen molar-refractivity contribution in [2.75, 3.05) is 52.4 Å². The van der Waals surface area contributed by atoms with Crippen LogP contribution in [0.1, 0.15) is 12.8 Å². The van der Waals surface area contributed by atoms with Gasteiger partial charge in [-0.25, -0.2) is 0 Å². The van der Waals surface area contributed by atoms with Gasteiger partial charge in [0.15, 0.2) is 0 Å². The highest BCUT2D eigenvalue weighted by Crippen LogP contribution is 1.76. The molecule has 1 aliphatic heterocycles. The van der Waals surface area contributed by atoms with Crippen LogP contribution in [0.2, 0.25) is 2.82 Å². The van der Waals surface area contributed by atoms with Crippen molar-refractivity contribution >= 4 is 0 Å². The normalized spacial score (nSPS) is 28.9. The molecule has 0 bridgehead atoms. The van der Waals surface area contributed by atoms with Gasteiger partial charge in [-0.05, 0) is 39.0 Å². The van der Waals surface area contributed by atoms with Crippen LogP contribution in [0.25, 0.3) is 0 Å². The van der Waals surface area contributed by atoms with Crippen LogP contribution < -0.4 is 21.3 Å². The summed E-state index contributed by atoms with van der Waals surface area (Å²) in [4.78, 5) is 0. The Labute approximate surface area is 90.1 Å². The summed E-state index contributed by atoms with van der Waals surface area (Å²) in [5, 5.41) is 9.82. The third kappa shape index (κ3) is 7.26. The second kappa shape index (κ2) is 9.40. The predicted molar refractivity (Wildman–Crippen MR) is 60.7 cm³/mol. The first-order chi connectivity index (χ1) is 7.79. The summed E-state index contributed by atoms with van der Waals surface area (Å²) in [6.07, 6.45) is 2.00. The first-order valence-electron chi connectivity index (χ1n) is 6.57. The summed E-state index contributed by atoms with van der Waals surface area (Å²) in [5.41, 5.74) is 0. The van der Waals surface area contributed by atoms with Gasteiger partial charge in [-0.15, -0.1) is 0 Å². The average molecular weight is 202 g/mol. The molecule has 84 valence electrons. The monoisotopic (exact) mass is 202 g/mol. The van der Waals surface area contributed by atoms with Gasteiger partial charge >= 0.3 is 0 Å². The predicted octanol–water partition coefficient (Wildman–Crippen LogP) is -0.861. The molecule has 0 spiro atoms. The van der Waals surface area contributed by atoms with Crippen molar-refractivity contribution in [1.29, 1.82) is 0 Å². The second-order valence-corrected chi connectivity index (χ2v) is 3.55. The zero-order valence-electron chi connectivity index (χ0n) is 11.0. The highest BCUT2D eigenvalue weighted by molar-refractivity contribution is 4.58. The second-order valence-electron chi connectivity index (χ2n) is 3.55. The summed E-state index contributed by atoms with van der Waals surface area (Å²) in [7, 11) is 0. The lowest BCUT2D eigenvalue weighted by molar-refractivity contribution is 0.530. The maximum atomic E-state index is 7.68. The summed E-state index contributed by atoms with van der Waals surface area (Å²) in [6.45, 7) is 6.82. The Hall–Kier alpha value is -0.160. The van der Waals surface area contributed by atoms with Gasteiger partial charge in [-0.3, -0.25) is 0 Å². The van der Waals surface area contributed by atoms with Gasteiger partial charge in [-0.1, -0.05) is 0 Å². The Morgan fingerprint density at radius 2 is 1.07 bits per heavy atom. The van der Waals surface area contributed by atoms with Crippen LogP contribution >= 0.6 is 0 Å². The fourth-order valence-corrected chi connectivity index (χ4v) is 1.42. The molecule has 0 aromatic carbocycles. The van der Waals surface area contributed by atoms with E-state index in [1.54, 1.807) is 10.6 Å². The third-order valence-corrected chi connectivity index (χ3v) is 2.23. The SMILES string of the molecule is [2H]N1CCCNCCNCCCN([2H])CC1. The highest BCUT2D eigenvalue weighted by atomic mass is 15.0. The highest BCUT2D eigenvalue weighted by Gasteiger charge is 1.93. The molecule has 0 saturated carbocycles. The number of nitrogens with one attached hydrogen (secondary N) is 4. The van der Waals surface area contributed by atoms with E-state index < -0.39 is 0 Å². The van der Waals surface area contributed by atoms with E-state index in [0.29, 0.717) is 13.1 Å². The van der Waals surface area contributed by atoms with Crippen LogP contribution in [0, 0.1) is 0 Å². The Bertz CT molecular complexity index is 153.